The van der Waals surface area contributed by atoms with Crippen molar-refractivity contribution in [3.63, 3.8) is 0 Å². The predicted octanol–water partition coefficient (Wildman–Crippen LogP) is 1.34. The van der Waals surface area contributed by atoms with Crippen LogP contribution in [0.2, 0.25) is 0 Å². The molecule has 2 rings (SSSR count). The zero-order chi connectivity index (χ0) is 11.8. The molecule has 0 radical (unpaired) electrons. The number of guanidine groups is 1. The number of rotatable bonds is 2. The van der Waals surface area contributed by atoms with Gasteiger partial charge in [-0.05, 0) is 13.8 Å². The monoisotopic (exact) mass is 316 g/mol. The number of nitrogens with two attached hydrogens (primary N) is 2. The van der Waals surface area contributed by atoms with Crippen LogP contribution in [0.3, 0.4) is 0 Å². The summed E-state index contributed by atoms with van der Waals surface area (Å²) in [7, 11) is 0. The van der Waals surface area contributed by atoms with Gasteiger partial charge in [0.25, 0.3) is 0 Å². The Hall–Kier alpha value is -1.28. The molecule has 6 nitrogen and oxygen atoms in total. The maximum atomic E-state index is 5.28. The maximum Gasteiger partial charge on any atom is 0.212 e. The van der Waals surface area contributed by atoms with Gasteiger partial charge in [0, 0.05) is 11.6 Å². The first-order chi connectivity index (χ1) is 7.49. The predicted molar refractivity (Wildman–Crippen MR) is 76.9 cm³/mol. The van der Waals surface area contributed by atoms with Gasteiger partial charge in [-0.15, -0.1) is 28.3 Å². The van der Waals surface area contributed by atoms with Gasteiger partial charge < -0.3 is 11.5 Å². The molecule has 1 unspecified atom stereocenters. The summed E-state index contributed by atoms with van der Waals surface area (Å²) in [4.78, 5) is 16.8. The third-order valence-electron chi connectivity index (χ3n) is 2.13. The number of hydrogen-bond acceptors (Lipinski definition) is 5. The molecule has 1 aromatic rings. The molecule has 0 aromatic carbocycles. The van der Waals surface area contributed by atoms with Crippen molar-refractivity contribution < 1.29 is 0 Å². The number of nitrogens with zero attached hydrogens (tertiary/aromatic N) is 4. The molecule has 0 saturated carbocycles. The molecule has 92 valence electrons. The third kappa shape index (κ3) is 2.89. The molecule has 17 heavy (non-hydrogen) atoms. The molecule has 0 amide bonds. The van der Waals surface area contributed by atoms with Crippen LogP contribution in [0.15, 0.2) is 20.4 Å². The van der Waals surface area contributed by atoms with Gasteiger partial charge in [0.1, 0.15) is 11.4 Å². The summed E-state index contributed by atoms with van der Waals surface area (Å²) in [5.41, 5.74) is 10.9. The van der Waals surface area contributed by atoms with Gasteiger partial charge in [-0.1, -0.05) is 0 Å². The Kier molecular flexibility index (Phi) is 3.99. The fourth-order valence-corrected chi connectivity index (χ4v) is 2.21. The zero-order valence-corrected chi connectivity index (χ0v) is 11.9. The number of hydrogen-bond donors (Lipinski definition) is 2. The van der Waals surface area contributed by atoms with Gasteiger partial charge in [-0.2, -0.15) is 4.99 Å². The van der Waals surface area contributed by atoms with Crippen LogP contribution in [0.5, 0.6) is 0 Å². The molecular weight excluding hydrogens is 304 g/mol. The lowest BCUT2D eigenvalue weighted by Gasteiger charge is -2.12. The molecule has 0 aliphatic carbocycles. The van der Waals surface area contributed by atoms with Crippen molar-refractivity contribution in [2.24, 2.45) is 26.4 Å². The fraction of sp³-hybridized carbons (Fsp3) is 0.333. The molecular formula is C9H13BrN6S. The topological polar surface area (TPSA) is 102 Å². The number of aliphatic imine (C=N–C) groups is 3. The van der Waals surface area contributed by atoms with E-state index < -0.39 is 5.54 Å². The van der Waals surface area contributed by atoms with Crippen molar-refractivity contribution >= 4 is 51.5 Å². The van der Waals surface area contributed by atoms with E-state index >= 15 is 0 Å². The standard InChI is InChI=1S/C9H12N6S.BrH/c1-5-12-4-9(2,15-5)6-3-16-8(13-6)14-7(10)11;/h3-4H,1-2H3,(H4,10,11,13,14);1H. The summed E-state index contributed by atoms with van der Waals surface area (Å²) >= 11 is 1.37. The highest BCUT2D eigenvalue weighted by Crippen LogP contribution is 2.30. The van der Waals surface area contributed by atoms with Gasteiger partial charge >= 0.3 is 0 Å². The average molecular weight is 317 g/mol. The van der Waals surface area contributed by atoms with E-state index in [-0.39, 0.29) is 22.9 Å². The van der Waals surface area contributed by atoms with E-state index in [0.717, 1.165) is 11.5 Å². The minimum absolute atomic E-state index is 0. The van der Waals surface area contributed by atoms with E-state index in [0.29, 0.717) is 5.13 Å². The van der Waals surface area contributed by atoms with E-state index in [4.69, 9.17) is 11.5 Å². The van der Waals surface area contributed by atoms with Crippen molar-refractivity contribution in [2.75, 3.05) is 0 Å². The van der Waals surface area contributed by atoms with Crippen LogP contribution in [-0.4, -0.2) is 23.0 Å². The molecule has 1 aromatic heterocycles. The first-order valence-electron chi connectivity index (χ1n) is 4.67. The first-order valence-corrected chi connectivity index (χ1v) is 5.55. The second-order valence-electron chi connectivity index (χ2n) is 3.62. The summed E-state index contributed by atoms with van der Waals surface area (Å²) in [5, 5.41) is 2.42. The Morgan fingerprint density at radius 3 is 2.71 bits per heavy atom. The lowest BCUT2D eigenvalue weighted by atomic mass is 10.0. The highest BCUT2D eigenvalue weighted by atomic mass is 79.9. The van der Waals surface area contributed by atoms with Crippen LogP contribution in [0.4, 0.5) is 5.13 Å². The van der Waals surface area contributed by atoms with Crippen molar-refractivity contribution in [2.45, 2.75) is 19.4 Å². The Morgan fingerprint density at radius 1 is 1.47 bits per heavy atom. The molecule has 8 heteroatoms. The van der Waals surface area contributed by atoms with Crippen molar-refractivity contribution in [1.82, 2.24) is 4.98 Å². The quantitative estimate of drug-likeness (QED) is 0.635. The van der Waals surface area contributed by atoms with Crippen molar-refractivity contribution in [1.29, 1.82) is 0 Å². The van der Waals surface area contributed by atoms with E-state index in [2.05, 4.69) is 20.0 Å². The molecule has 0 fully saturated rings. The van der Waals surface area contributed by atoms with Gasteiger partial charge in [0.15, 0.2) is 5.96 Å². The van der Waals surface area contributed by atoms with Crippen LogP contribution >= 0.6 is 28.3 Å². The van der Waals surface area contributed by atoms with Crippen molar-refractivity contribution in [3.8, 4) is 0 Å². The van der Waals surface area contributed by atoms with Gasteiger partial charge in [0.05, 0.1) is 5.69 Å². The Labute approximate surface area is 113 Å². The highest BCUT2D eigenvalue weighted by Gasteiger charge is 2.30. The lowest BCUT2D eigenvalue weighted by molar-refractivity contribution is 0.686. The van der Waals surface area contributed by atoms with Gasteiger partial charge in [0.2, 0.25) is 5.13 Å². The smallest absolute Gasteiger partial charge is 0.212 e. The van der Waals surface area contributed by atoms with E-state index in [1.807, 2.05) is 19.2 Å². The second-order valence-corrected chi connectivity index (χ2v) is 4.45. The zero-order valence-electron chi connectivity index (χ0n) is 9.41. The van der Waals surface area contributed by atoms with E-state index in [1.54, 1.807) is 6.21 Å². The molecule has 0 saturated heterocycles. The SMILES string of the molecule is Br.CC1=NC(C)(c2csc(N=C(N)N)n2)C=N1. The largest absolute Gasteiger partial charge is 0.370 e. The second kappa shape index (κ2) is 4.92. The number of aromatic nitrogens is 1. The third-order valence-corrected chi connectivity index (χ3v) is 2.87. The van der Waals surface area contributed by atoms with Crippen LogP contribution < -0.4 is 11.5 Å². The van der Waals surface area contributed by atoms with Crippen molar-refractivity contribution in [3.05, 3.63) is 11.1 Å². The Balaban J connectivity index is 0.00000144. The molecule has 4 N–H and O–H groups in total. The van der Waals surface area contributed by atoms with Gasteiger partial charge in [-0.25, -0.2) is 9.98 Å². The molecule has 1 atom stereocenters. The Morgan fingerprint density at radius 2 is 2.18 bits per heavy atom. The normalized spacial score (nSPS) is 21.9. The van der Waals surface area contributed by atoms with Crippen LogP contribution in [0.25, 0.3) is 0 Å². The first kappa shape index (κ1) is 13.8. The molecule has 0 spiro atoms. The summed E-state index contributed by atoms with van der Waals surface area (Å²) in [6, 6.07) is 0. The van der Waals surface area contributed by atoms with Crippen LogP contribution in [-0.2, 0) is 5.54 Å². The minimum Gasteiger partial charge on any atom is -0.370 e. The molecule has 2 heterocycles. The number of amidine groups is 1. The molecule has 0 bridgehead atoms. The summed E-state index contributed by atoms with van der Waals surface area (Å²) in [5.74, 6) is 0.754. The molecule has 1 aliphatic heterocycles. The van der Waals surface area contributed by atoms with E-state index in [1.165, 1.54) is 11.3 Å². The number of thiazole rings is 1. The van der Waals surface area contributed by atoms with Gasteiger partial charge in [-0.3, -0.25) is 4.99 Å². The summed E-state index contributed by atoms with van der Waals surface area (Å²) in [6.45, 7) is 3.80. The van der Waals surface area contributed by atoms with E-state index in [9.17, 15) is 0 Å². The highest BCUT2D eigenvalue weighted by molar-refractivity contribution is 8.93. The lowest BCUT2D eigenvalue weighted by Crippen LogP contribution is -2.22. The van der Waals surface area contributed by atoms with Crippen LogP contribution in [0, 0.1) is 0 Å². The van der Waals surface area contributed by atoms with Crippen LogP contribution in [0.1, 0.15) is 19.5 Å². The summed E-state index contributed by atoms with van der Waals surface area (Å²) in [6.07, 6.45) is 1.77. The Bertz CT molecular complexity index is 501. The summed E-state index contributed by atoms with van der Waals surface area (Å²) < 4.78 is 0. The molecule has 1 aliphatic rings. The minimum atomic E-state index is -0.488. The fourth-order valence-electron chi connectivity index (χ4n) is 1.39. The number of halogens is 1. The maximum absolute atomic E-state index is 5.28. The average Bonchev–Trinajstić information content (AvgIpc) is 2.74.